The van der Waals surface area contributed by atoms with E-state index in [9.17, 15) is 4.79 Å². The van der Waals surface area contributed by atoms with Crippen LogP contribution in [0.25, 0.3) is 0 Å². The highest BCUT2D eigenvalue weighted by molar-refractivity contribution is 5.97. The highest BCUT2D eigenvalue weighted by Crippen LogP contribution is 2.21. The van der Waals surface area contributed by atoms with Gasteiger partial charge in [0.15, 0.2) is 5.78 Å². The smallest absolute Gasteiger partial charge is 0.164 e. The minimum Gasteiger partial charge on any atom is -0.382 e. The molecule has 0 fully saturated rings. The number of ketones is 1. The van der Waals surface area contributed by atoms with Gasteiger partial charge in [0.05, 0.1) is 33.0 Å². The molecule has 0 saturated carbocycles. The monoisotopic (exact) mass is 295 g/mol. The molecule has 1 aliphatic rings. The zero-order chi connectivity index (χ0) is 14.9. The summed E-state index contributed by atoms with van der Waals surface area (Å²) in [7, 11) is 1.66. The summed E-state index contributed by atoms with van der Waals surface area (Å²) in [5.41, 5.74) is 2.11. The number of Topliss-reactive ketones (excluding diaryl/α,β-unsaturated/α-hetero) is 1. The van der Waals surface area contributed by atoms with Crippen LogP contribution in [-0.4, -0.2) is 50.5 Å². The minimum atomic E-state index is 0.286. The van der Waals surface area contributed by atoms with E-state index in [1.807, 2.05) is 6.20 Å². The minimum absolute atomic E-state index is 0.286. The number of carbonyl (C=O) groups excluding carboxylic acids is 1. The number of ether oxygens (including phenoxy) is 3. The van der Waals surface area contributed by atoms with E-state index < -0.39 is 0 Å². The molecule has 0 saturated heterocycles. The van der Waals surface area contributed by atoms with E-state index in [1.165, 1.54) is 5.56 Å². The second kappa shape index (κ2) is 8.97. The molecule has 0 radical (unpaired) electrons. The number of carbonyl (C=O) groups is 1. The van der Waals surface area contributed by atoms with Crippen molar-refractivity contribution >= 4 is 5.78 Å². The van der Waals surface area contributed by atoms with Crippen LogP contribution < -0.4 is 0 Å². The van der Waals surface area contributed by atoms with Gasteiger partial charge in [-0.25, -0.2) is 0 Å². The van der Waals surface area contributed by atoms with Crippen LogP contribution in [0.3, 0.4) is 0 Å². The summed E-state index contributed by atoms with van der Waals surface area (Å²) < 4.78 is 17.8. The Kier molecular flexibility index (Phi) is 6.92. The van der Waals surface area contributed by atoms with Gasteiger partial charge in [0.1, 0.15) is 0 Å². The van der Waals surface area contributed by atoms with Crippen LogP contribution in [-0.2, 0) is 27.2 Å². The number of hydrogen-bond acceptors (Lipinski definition) is 4. The fourth-order valence-electron chi connectivity index (χ4n) is 2.50. The largest absolute Gasteiger partial charge is 0.382 e. The summed E-state index contributed by atoms with van der Waals surface area (Å²) in [4.78, 5) is 11.9. The summed E-state index contributed by atoms with van der Waals surface area (Å²) in [5.74, 6) is 0.286. The summed E-state index contributed by atoms with van der Waals surface area (Å²) in [6.07, 6.45) is 7.89. The molecule has 1 aromatic heterocycles. The van der Waals surface area contributed by atoms with E-state index in [4.69, 9.17) is 14.2 Å². The van der Waals surface area contributed by atoms with Gasteiger partial charge in [-0.3, -0.25) is 4.79 Å². The number of methoxy groups -OCH3 is 1. The van der Waals surface area contributed by atoms with Gasteiger partial charge in [-0.1, -0.05) is 0 Å². The Bertz CT molecular complexity index is 441. The standard InChI is InChI=1S/C16H25NO4/c1-19-8-9-21-11-10-20-7-6-17-12-14-4-2-3-5-16(18)15(14)13-17/h12-13H,2-11H2,1H3. The van der Waals surface area contributed by atoms with Crippen LogP contribution >= 0.6 is 0 Å². The number of aromatic nitrogens is 1. The first-order chi connectivity index (χ1) is 10.3. The SMILES string of the molecule is COCCOCCOCCn1cc2c(c1)C(=O)CCCC2. The number of hydrogen-bond donors (Lipinski definition) is 0. The van der Waals surface area contributed by atoms with Crippen molar-refractivity contribution in [2.45, 2.75) is 32.2 Å². The highest BCUT2D eigenvalue weighted by atomic mass is 16.5. The first-order valence-corrected chi connectivity index (χ1v) is 7.67. The Balaban J connectivity index is 1.65. The van der Waals surface area contributed by atoms with Gasteiger partial charge < -0.3 is 18.8 Å². The fourth-order valence-corrected chi connectivity index (χ4v) is 2.50. The third-order valence-electron chi connectivity index (χ3n) is 3.66. The molecule has 0 aromatic carbocycles. The molecule has 0 atom stereocenters. The molecule has 2 rings (SSSR count). The van der Waals surface area contributed by atoms with E-state index in [1.54, 1.807) is 7.11 Å². The van der Waals surface area contributed by atoms with E-state index in [0.717, 1.165) is 31.4 Å². The average Bonchev–Trinajstić information content (AvgIpc) is 2.82. The van der Waals surface area contributed by atoms with Crippen LogP contribution in [0, 0.1) is 0 Å². The fraction of sp³-hybridized carbons (Fsp3) is 0.688. The maximum absolute atomic E-state index is 11.9. The van der Waals surface area contributed by atoms with Gasteiger partial charge in [-0.05, 0) is 24.8 Å². The Morgan fingerprint density at radius 3 is 2.52 bits per heavy atom. The summed E-state index contributed by atoms with van der Waals surface area (Å²) in [6.45, 7) is 3.80. The Labute approximate surface area is 126 Å². The third kappa shape index (κ3) is 5.26. The molecule has 0 aliphatic heterocycles. The maximum Gasteiger partial charge on any atom is 0.164 e. The second-order valence-corrected chi connectivity index (χ2v) is 5.28. The van der Waals surface area contributed by atoms with Gasteiger partial charge in [0.25, 0.3) is 0 Å². The molecular weight excluding hydrogens is 270 g/mol. The molecule has 1 heterocycles. The van der Waals surface area contributed by atoms with Crippen LogP contribution in [0.2, 0.25) is 0 Å². The average molecular weight is 295 g/mol. The van der Waals surface area contributed by atoms with E-state index in [0.29, 0.717) is 39.5 Å². The van der Waals surface area contributed by atoms with E-state index >= 15 is 0 Å². The number of fused-ring (bicyclic) bond motifs is 1. The number of aryl methyl sites for hydroxylation is 1. The summed E-state index contributed by atoms with van der Waals surface area (Å²) >= 11 is 0. The van der Waals surface area contributed by atoms with E-state index in [-0.39, 0.29) is 5.78 Å². The zero-order valence-corrected chi connectivity index (χ0v) is 12.8. The van der Waals surface area contributed by atoms with Gasteiger partial charge in [-0.15, -0.1) is 0 Å². The molecular formula is C16H25NO4. The molecule has 1 aliphatic carbocycles. The molecule has 5 heteroatoms. The predicted molar refractivity (Wildman–Crippen MR) is 79.8 cm³/mol. The Morgan fingerprint density at radius 2 is 1.71 bits per heavy atom. The second-order valence-electron chi connectivity index (χ2n) is 5.28. The molecule has 0 bridgehead atoms. The van der Waals surface area contributed by atoms with Gasteiger partial charge >= 0.3 is 0 Å². The number of rotatable bonds is 9. The lowest BCUT2D eigenvalue weighted by Crippen LogP contribution is -2.11. The van der Waals surface area contributed by atoms with Crippen LogP contribution in [0.1, 0.15) is 35.2 Å². The quantitative estimate of drug-likeness (QED) is 0.517. The van der Waals surface area contributed by atoms with Gasteiger partial charge in [-0.2, -0.15) is 0 Å². The van der Waals surface area contributed by atoms with Crippen molar-refractivity contribution in [3.8, 4) is 0 Å². The van der Waals surface area contributed by atoms with Crippen molar-refractivity contribution in [2.24, 2.45) is 0 Å². The van der Waals surface area contributed by atoms with Crippen LogP contribution in [0.4, 0.5) is 0 Å². The molecule has 0 N–H and O–H groups in total. The molecule has 0 amide bonds. The summed E-state index contributed by atoms with van der Waals surface area (Å²) in [5, 5.41) is 0. The summed E-state index contributed by atoms with van der Waals surface area (Å²) in [6, 6.07) is 0. The van der Waals surface area contributed by atoms with Gasteiger partial charge in [0, 0.05) is 38.0 Å². The lowest BCUT2D eigenvalue weighted by Gasteiger charge is -2.06. The molecule has 5 nitrogen and oxygen atoms in total. The van der Waals surface area contributed by atoms with Crippen LogP contribution in [0.15, 0.2) is 12.4 Å². The normalized spacial score (nSPS) is 15.0. The first-order valence-electron chi connectivity index (χ1n) is 7.67. The predicted octanol–water partition coefficient (Wildman–Crippen LogP) is 2.08. The van der Waals surface area contributed by atoms with Crippen molar-refractivity contribution in [1.29, 1.82) is 0 Å². The highest BCUT2D eigenvalue weighted by Gasteiger charge is 2.17. The van der Waals surface area contributed by atoms with Crippen molar-refractivity contribution in [2.75, 3.05) is 40.1 Å². The molecule has 1 aromatic rings. The molecule has 0 spiro atoms. The maximum atomic E-state index is 11.9. The Morgan fingerprint density at radius 1 is 1.00 bits per heavy atom. The van der Waals surface area contributed by atoms with Crippen LogP contribution in [0.5, 0.6) is 0 Å². The van der Waals surface area contributed by atoms with Gasteiger partial charge in [0.2, 0.25) is 0 Å². The van der Waals surface area contributed by atoms with Crippen molar-refractivity contribution in [3.63, 3.8) is 0 Å². The molecule has 21 heavy (non-hydrogen) atoms. The zero-order valence-electron chi connectivity index (χ0n) is 12.8. The third-order valence-corrected chi connectivity index (χ3v) is 3.66. The van der Waals surface area contributed by atoms with E-state index in [2.05, 4.69) is 10.8 Å². The lowest BCUT2D eigenvalue weighted by atomic mass is 10.1. The van der Waals surface area contributed by atoms with Crippen molar-refractivity contribution in [1.82, 2.24) is 4.57 Å². The topological polar surface area (TPSA) is 49.7 Å². The first kappa shape index (κ1) is 16.2. The van der Waals surface area contributed by atoms with Crippen molar-refractivity contribution in [3.05, 3.63) is 23.5 Å². The molecule has 118 valence electrons. The molecule has 0 unspecified atom stereocenters. The lowest BCUT2D eigenvalue weighted by molar-refractivity contribution is 0.0230. The van der Waals surface area contributed by atoms with Crippen molar-refractivity contribution < 1.29 is 19.0 Å². The number of nitrogens with zero attached hydrogens (tertiary/aromatic N) is 1. The Hall–Kier alpha value is -1.17.